The van der Waals surface area contributed by atoms with E-state index >= 15 is 0 Å². The normalized spacial score (nSPS) is 10.5. The monoisotopic (exact) mass is 260 g/mol. The average molecular weight is 260 g/mol. The number of nitrogens with zero attached hydrogens (tertiary/aromatic N) is 3. The molecule has 0 atom stereocenters. The molecule has 0 amide bonds. The van der Waals surface area contributed by atoms with Crippen molar-refractivity contribution in [2.45, 2.75) is 20.4 Å². The third-order valence-corrected chi connectivity index (χ3v) is 2.83. The Kier molecular flexibility index (Phi) is 3.94. The first-order valence-corrected chi connectivity index (χ1v) is 6.19. The molecule has 5 heteroatoms. The number of hydrogen-bond acceptors (Lipinski definition) is 4. The van der Waals surface area contributed by atoms with E-state index in [4.69, 9.17) is 5.73 Å². The third-order valence-electron chi connectivity index (χ3n) is 2.83. The number of halogens is 1. The number of anilines is 2. The van der Waals surface area contributed by atoms with Gasteiger partial charge in [0.15, 0.2) is 0 Å². The first-order chi connectivity index (χ1) is 9.10. The summed E-state index contributed by atoms with van der Waals surface area (Å²) in [5, 5.41) is 0. The first-order valence-electron chi connectivity index (χ1n) is 6.19. The standard InChI is InChI=1S/C14H17FN4/c1-3-19(12-7-5-4-6-11(12)15)9-14-17-10(2)8-13(16)18-14/h4-8H,3,9H2,1-2H3,(H2,16,17,18). The van der Waals surface area contributed by atoms with Crippen LogP contribution in [0.2, 0.25) is 0 Å². The number of aromatic nitrogens is 2. The molecule has 100 valence electrons. The molecule has 2 aromatic rings. The van der Waals surface area contributed by atoms with Gasteiger partial charge >= 0.3 is 0 Å². The van der Waals surface area contributed by atoms with Crippen molar-refractivity contribution in [2.75, 3.05) is 17.2 Å². The predicted molar refractivity (Wildman–Crippen MR) is 74.3 cm³/mol. The lowest BCUT2D eigenvalue weighted by Crippen LogP contribution is -2.24. The van der Waals surface area contributed by atoms with Crippen LogP contribution < -0.4 is 10.6 Å². The highest BCUT2D eigenvalue weighted by Gasteiger charge is 2.11. The SMILES string of the molecule is CCN(Cc1nc(C)cc(N)n1)c1ccccc1F. The molecule has 0 aliphatic heterocycles. The number of benzene rings is 1. The maximum atomic E-state index is 13.8. The lowest BCUT2D eigenvalue weighted by molar-refractivity contribution is 0.615. The first kappa shape index (κ1) is 13.3. The molecule has 1 heterocycles. The Hall–Kier alpha value is -2.17. The van der Waals surface area contributed by atoms with Gasteiger partial charge < -0.3 is 10.6 Å². The summed E-state index contributed by atoms with van der Waals surface area (Å²) in [6.45, 7) is 4.92. The molecule has 0 aliphatic carbocycles. The molecule has 2 rings (SSSR count). The molecule has 1 aromatic carbocycles. The van der Waals surface area contributed by atoms with Crippen LogP contribution in [-0.2, 0) is 6.54 Å². The minimum Gasteiger partial charge on any atom is -0.384 e. The third kappa shape index (κ3) is 3.19. The Labute approximate surface area is 112 Å². The number of nitrogen functional groups attached to an aromatic ring is 1. The van der Waals surface area contributed by atoms with Gasteiger partial charge in [-0.05, 0) is 26.0 Å². The van der Waals surface area contributed by atoms with Crippen molar-refractivity contribution in [1.82, 2.24) is 9.97 Å². The predicted octanol–water partition coefficient (Wildman–Crippen LogP) is 2.53. The quantitative estimate of drug-likeness (QED) is 0.917. The van der Waals surface area contributed by atoms with Crippen LogP contribution in [0.5, 0.6) is 0 Å². The Morgan fingerprint density at radius 3 is 2.63 bits per heavy atom. The molecular formula is C14H17FN4. The van der Waals surface area contributed by atoms with Crippen molar-refractivity contribution >= 4 is 11.5 Å². The Morgan fingerprint density at radius 2 is 2.00 bits per heavy atom. The fourth-order valence-corrected chi connectivity index (χ4v) is 1.97. The molecule has 0 aliphatic rings. The minimum atomic E-state index is -0.245. The van der Waals surface area contributed by atoms with Gasteiger partial charge in [0.1, 0.15) is 17.5 Å². The van der Waals surface area contributed by atoms with E-state index in [0.717, 1.165) is 5.69 Å². The summed E-state index contributed by atoms with van der Waals surface area (Å²) in [7, 11) is 0. The summed E-state index contributed by atoms with van der Waals surface area (Å²) >= 11 is 0. The van der Waals surface area contributed by atoms with Crippen molar-refractivity contribution in [2.24, 2.45) is 0 Å². The Bertz CT molecular complexity index is 551. The van der Waals surface area contributed by atoms with E-state index in [1.54, 1.807) is 18.2 Å². The summed E-state index contributed by atoms with van der Waals surface area (Å²) in [4.78, 5) is 10.4. The van der Waals surface area contributed by atoms with Gasteiger partial charge in [0.05, 0.1) is 12.2 Å². The van der Waals surface area contributed by atoms with Gasteiger partial charge in [0.25, 0.3) is 0 Å². The largest absolute Gasteiger partial charge is 0.384 e. The summed E-state index contributed by atoms with van der Waals surface area (Å²) in [6, 6.07) is 8.39. The molecule has 1 aromatic heterocycles. The van der Waals surface area contributed by atoms with Crippen molar-refractivity contribution in [3.63, 3.8) is 0 Å². The number of nitrogens with two attached hydrogens (primary N) is 1. The summed E-state index contributed by atoms with van der Waals surface area (Å²) in [6.07, 6.45) is 0. The summed E-state index contributed by atoms with van der Waals surface area (Å²) in [5.41, 5.74) is 7.06. The zero-order chi connectivity index (χ0) is 13.8. The Morgan fingerprint density at radius 1 is 1.26 bits per heavy atom. The maximum Gasteiger partial charge on any atom is 0.150 e. The molecule has 0 spiro atoms. The van der Waals surface area contributed by atoms with Gasteiger partial charge in [-0.2, -0.15) is 0 Å². The zero-order valence-electron chi connectivity index (χ0n) is 11.1. The van der Waals surface area contributed by atoms with E-state index in [2.05, 4.69) is 9.97 Å². The van der Waals surface area contributed by atoms with Crippen LogP contribution in [0.1, 0.15) is 18.4 Å². The van der Waals surface area contributed by atoms with Crippen molar-refractivity contribution in [3.8, 4) is 0 Å². The molecular weight excluding hydrogens is 243 g/mol. The minimum absolute atomic E-state index is 0.245. The molecule has 0 saturated carbocycles. The zero-order valence-corrected chi connectivity index (χ0v) is 11.1. The smallest absolute Gasteiger partial charge is 0.150 e. The lowest BCUT2D eigenvalue weighted by Gasteiger charge is -2.22. The van der Waals surface area contributed by atoms with Crippen LogP contribution in [0.25, 0.3) is 0 Å². The second-order valence-corrected chi connectivity index (χ2v) is 4.32. The van der Waals surface area contributed by atoms with Gasteiger partial charge in [0.2, 0.25) is 0 Å². The fourth-order valence-electron chi connectivity index (χ4n) is 1.97. The second kappa shape index (κ2) is 5.65. The van der Waals surface area contributed by atoms with Gasteiger partial charge in [-0.1, -0.05) is 12.1 Å². The molecule has 0 bridgehead atoms. The highest BCUT2D eigenvalue weighted by Crippen LogP contribution is 2.20. The number of hydrogen-bond donors (Lipinski definition) is 1. The van der Waals surface area contributed by atoms with Crippen molar-refractivity contribution in [3.05, 3.63) is 47.7 Å². The van der Waals surface area contributed by atoms with E-state index in [1.165, 1.54) is 6.07 Å². The molecule has 0 saturated heterocycles. The molecule has 0 unspecified atom stereocenters. The Balaban J connectivity index is 2.26. The van der Waals surface area contributed by atoms with Gasteiger partial charge in [-0.3, -0.25) is 0 Å². The number of para-hydroxylation sites is 1. The number of aryl methyl sites for hydroxylation is 1. The van der Waals surface area contributed by atoms with Crippen LogP contribution in [-0.4, -0.2) is 16.5 Å². The summed E-state index contributed by atoms with van der Waals surface area (Å²) < 4.78 is 13.8. The van der Waals surface area contributed by atoms with E-state index in [1.807, 2.05) is 24.8 Å². The van der Waals surface area contributed by atoms with Crippen LogP contribution in [0.15, 0.2) is 30.3 Å². The van der Waals surface area contributed by atoms with E-state index in [-0.39, 0.29) is 5.82 Å². The van der Waals surface area contributed by atoms with E-state index < -0.39 is 0 Å². The van der Waals surface area contributed by atoms with Gasteiger partial charge in [-0.15, -0.1) is 0 Å². The lowest BCUT2D eigenvalue weighted by atomic mass is 10.2. The molecule has 19 heavy (non-hydrogen) atoms. The topological polar surface area (TPSA) is 55.0 Å². The van der Waals surface area contributed by atoms with Crippen LogP contribution in [0.3, 0.4) is 0 Å². The van der Waals surface area contributed by atoms with Crippen LogP contribution in [0, 0.1) is 12.7 Å². The average Bonchev–Trinajstić information content (AvgIpc) is 2.36. The van der Waals surface area contributed by atoms with Gasteiger partial charge in [-0.25, -0.2) is 14.4 Å². The highest BCUT2D eigenvalue weighted by atomic mass is 19.1. The molecule has 4 nitrogen and oxygen atoms in total. The van der Waals surface area contributed by atoms with Crippen molar-refractivity contribution < 1.29 is 4.39 Å². The summed E-state index contributed by atoms with van der Waals surface area (Å²) in [5.74, 6) is 0.791. The molecule has 2 N–H and O–H groups in total. The van der Waals surface area contributed by atoms with E-state index in [0.29, 0.717) is 30.4 Å². The fraction of sp³-hybridized carbons (Fsp3) is 0.286. The molecule has 0 radical (unpaired) electrons. The van der Waals surface area contributed by atoms with Crippen LogP contribution in [0.4, 0.5) is 15.9 Å². The maximum absolute atomic E-state index is 13.8. The van der Waals surface area contributed by atoms with Crippen LogP contribution >= 0.6 is 0 Å². The van der Waals surface area contributed by atoms with E-state index in [9.17, 15) is 4.39 Å². The second-order valence-electron chi connectivity index (χ2n) is 4.32. The molecule has 0 fully saturated rings. The van der Waals surface area contributed by atoms with Gasteiger partial charge in [0, 0.05) is 18.3 Å². The highest BCUT2D eigenvalue weighted by molar-refractivity contribution is 5.47. The van der Waals surface area contributed by atoms with Crippen molar-refractivity contribution in [1.29, 1.82) is 0 Å². The number of rotatable bonds is 4.